The summed E-state index contributed by atoms with van der Waals surface area (Å²) in [6, 6.07) is 30.8. The van der Waals surface area contributed by atoms with Gasteiger partial charge in [0.1, 0.15) is 11.5 Å². The van der Waals surface area contributed by atoms with Crippen molar-refractivity contribution in [2.24, 2.45) is 0 Å². The van der Waals surface area contributed by atoms with Gasteiger partial charge in [-0.25, -0.2) is 0 Å². The van der Waals surface area contributed by atoms with Crippen molar-refractivity contribution in [3.05, 3.63) is 97.2 Å². The van der Waals surface area contributed by atoms with Gasteiger partial charge in [0.25, 0.3) is 0 Å². The number of pyridine rings is 1. The molecule has 3 aromatic carbocycles. The molecule has 144 valence electrons. The summed E-state index contributed by atoms with van der Waals surface area (Å²) in [5.41, 5.74) is 4.54. The fourth-order valence-corrected chi connectivity index (χ4v) is 4.89. The predicted octanol–water partition coefficient (Wildman–Crippen LogP) is 6.75. The maximum Gasteiger partial charge on any atom is 0.128 e. The highest BCUT2D eigenvalue weighted by Gasteiger charge is 2.22. The standard InChI is InChI=1S/C26H25NOSi/c1-29(2,3)26-19-27-25(18-24(26)20-11-6-4-7-12-20)21-13-10-16-23(17-21)28-22-14-8-5-9-15-22/h4-19H,1-3H3. The summed E-state index contributed by atoms with van der Waals surface area (Å²) in [7, 11) is -1.53. The van der Waals surface area contributed by atoms with Gasteiger partial charge in [-0.1, -0.05) is 80.3 Å². The molecule has 0 saturated carbocycles. The second-order valence-electron chi connectivity index (χ2n) is 8.17. The molecule has 4 aromatic rings. The van der Waals surface area contributed by atoms with E-state index in [1.54, 1.807) is 0 Å². The van der Waals surface area contributed by atoms with Crippen molar-refractivity contribution in [1.29, 1.82) is 0 Å². The molecule has 3 heteroatoms. The van der Waals surface area contributed by atoms with Crippen LogP contribution >= 0.6 is 0 Å². The lowest BCUT2D eigenvalue weighted by Gasteiger charge is -2.21. The summed E-state index contributed by atoms with van der Waals surface area (Å²) in [6.45, 7) is 7.10. The van der Waals surface area contributed by atoms with Gasteiger partial charge in [0.2, 0.25) is 0 Å². The van der Waals surface area contributed by atoms with E-state index in [1.807, 2.05) is 42.5 Å². The van der Waals surface area contributed by atoms with E-state index in [2.05, 4.69) is 74.4 Å². The van der Waals surface area contributed by atoms with E-state index in [-0.39, 0.29) is 0 Å². The van der Waals surface area contributed by atoms with Crippen molar-refractivity contribution in [3.63, 3.8) is 0 Å². The van der Waals surface area contributed by atoms with Crippen LogP contribution in [0.5, 0.6) is 11.5 Å². The van der Waals surface area contributed by atoms with Gasteiger partial charge in [0, 0.05) is 11.8 Å². The van der Waals surface area contributed by atoms with Gasteiger partial charge >= 0.3 is 0 Å². The first-order valence-corrected chi connectivity index (χ1v) is 13.4. The second kappa shape index (κ2) is 8.06. The zero-order chi connectivity index (χ0) is 20.3. The lowest BCUT2D eigenvalue weighted by atomic mass is 10.0. The van der Waals surface area contributed by atoms with Crippen LogP contribution in [0.2, 0.25) is 19.6 Å². The molecule has 0 fully saturated rings. The summed E-state index contributed by atoms with van der Waals surface area (Å²) < 4.78 is 6.01. The Morgan fingerprint density at radius 3 is 1.97 bits per heavy atom. The van der Waals surface area contributed by atoms with Crippen LogP contribution in [0, 0.1) is 0 Å². The molecule has 29 heavy (non-hydrogen) atoms. The minimum atomic E-state index is -1.53. The van der Waals surface area contributed by atoms with Crippen molar-refractivity contribution in [2.75, 3.05) is 0 Å². The number of rotatable bonds is 5. The van der Waals surface area contributed by atoms with Gasteiger partial charge in [-0.2, -0.15) is 0 Å². The first-order chi connectivity index (χ1) is 14.0. The molecule has 0 aliphatic heterocycles. The molecule has 0 spiro atoms. The van der Waals surface area contributed by atoms with Crippen LogP contribution in [-0.4, -0.2) is 13.1 Å². The lowest BCUT2D eigenvalue weighted by molar-refractivity contribution is 0.483. The summed E-state index contributed by atoms with van der Waals surface area (Å²) >= 11 is 0. The molecule has 0 aliphatic rings. The minimum absolute atomic E-state index is 0.811. The first-order valence-electron chi connectivity index (χ1n) is 9.90. The summed E-state index contributed by atoms with van der Waals surface area (Å²) in [5.74, 6) is 1.64. The van der Waals surface area contributed by atoms with Crippen LogP contribution in [0.25, 0.3) is 22.4 Å². The van der Waals surface area contributed by atoms with E-state index < -0.39 is 8.07 Å². The first kappa shape index (κ1) is 19.2. The Balaban J connectivity index is 1.75. The average molecular weight is 396 g/mol. The molecule has 0 bridgehead atoms. The number of hydrogen-bond acceptors (Lipinski definition) is 2. The Labute approximate surface area is 173 Å². The molecular formula is C26H25NOSi. The summed E-state index contributed by atoms with van der Waals surface area (Å²) in [5, 5.41) is 1.38. The smallest absolute Gasteiger partial charge is 0.128 e. The van der Waals surface area contributed by atoms with Crippen molar-refractivity contribution < 1.29 is 4.74 Å². The molecular weight excluding hydrogens is 370 g/mol. The van der Waals surface area contributed by atoms with E-state index in [0.29, 0.717) is 0 Å². The van der Waals surface area contributed by atoms with Gasteiger partial charge in [0.15, 0.2) is 0 Å². The number of hydrogen-bond donors (Lipinski definition) is 0. The largest absolute Gasteiger partial charge is 0.457 e. The molecule has 0 radical (unpaired) electrons. The molecule has 0 saturated heterocycles. The SMILES string of the molecule is C[Si](C)(C)c1cnc(-c2cccc(Oc3ccccc3)c2)cc1-c1ccccc1. The molecule has 0 N–H and O–H groups in total. The normalized spacial score (nSPS) is 11.3. The van der Waals surface area contributed by atoms with Gasteiger partial charge in [-0.15, -0.1) is 0 Å². The van der Waals surface area contributed by atoms with E-state index in [0.717, 1.165) is 22.8 Å². The molecule has 0 unspecified atom stereocenters. The van der Waals surface area contributed by atoms with Crippen molar-refractivity contribution >= 4 is 13.3 Å². The maximum atomic E-state index is 6.01. The topological polar surface area (TPSA) is 22.1 Å². The molecule has 0 aliphatic carbocycles. The van der Waals surface area contributed by atoms with Crippen molar-refractivity contribution in [1.82, 2.24) is 4.98 Å². The molecule has 1 heterocycles. The van der Waals surface area contributed by atoms with E-state index >= 15 is 0 Å². The van der Waals surface area contributed by atoms with Crippen LogP contribution in [-0.2, 0) is 0 Å². The molecule has 0 atom stereocenters. The van der Waals surface area contributed by atoms with E-state index in [1.165, 1.54) is 16.3 Å². The average Bonchev–Trinajstić information content (AvgIpc) is 2.74. The van der Waals surface area contributed by atoms with Gasteiger partial charge in [0.05, 0.1) is 13.8 Å². The van der Waals surface area contributed by atoms with E-state index in [4.69, 9.17) is 9.72 Å². The highest BCUT2D eigenvalue weighted by atomic mass is 28.3. The molecule has 4 rings (SSSR count). The Morgan fingerprint density at radius 1 is 0.655 bits per heavy atom. The molecule has 2 nitrogen and oxygen atoms in total. The van der Waals surface area contributed by atoms with Crippen molar-refractivity contribution in [3.8, 4) is 33.9 Å². The highest BCUT2D eigenvalue weighted by molar-refractivity contribution is 6.89. The Morgan fingerprint density at radius 2 is 1.28 bits per heavy atom. The maximum absolute atomic E-state index is 6.01. The quantitative estimate of drug-likeness (QED) is 0.349. The monoisotopic (exact) mass is 395 g/mol. The fourth-order valence-electron chi connectivity index (χ4n) is 3.41. The third-order valence-electron chi connectivity index (χ3n) is 4.91. The second-order valence-corrected chi connectivity index (χ2v) is 13.2. The zero-order valence-corrected chi connectivity index (χ0v) is 18.1. The zero-order valence-electron chi connectivity index (χ0n) is 17.1. The number of benzene rings is 3. The number of ether oxygens (including phenoxy) is 1. The molecule has 1 aromatic heterocycles. The Hall–Kier alpha value is -3.17. The predicted molar refractivity (Wildman–Crippen MR) is 125 cm³/mol. The summed E-state index contributed by atoms with van der Waals surface area (Å²) in [4.78, 5) is 4.83. The third kappa shape index (κ3) is 4.46. The number of aromatic nitrogens is 1. The minimum Gasteiger partial charge on any atom is -0.457 e. The molecule has 0 amide bonds. The third-order valence-corrected chi connectivity index (χ3v) is 6.92. The van der Waals surface area contributed by atoms with Crippen LogP contribution < -0.4 is 9.92 Å². The van der Waals surface area contributed by atoms with Crippen LogP contribution in [0.1, 0.15) is 0 Å². The van der Waals surface area contributed by atoms with Crippen LogP contribution in [0.4, 0.5) is 0 Å². The highest BCUT2D eigenvalue weighted by Crippen LogP contribution is 2.29. The Bertz CT molecular complexity index is 1100. The number of para-hydroxylation sites is 1. The van der Waals surface area contributed by atoms with Gasteiger partial charge in [-0.05, 0) is 46.6 Å². The Kier molecular flexibility index (Phi) is 5.32. The van der Waals surface area contributed by atoms with Gasteiger partial charge < -0.3 is 4.74 Å². The number of nitrogens with zero attached hydrogens (tertiary/aromatic N) is 1. The fraction of sp³-hybridized carbons (Fsp3) is 0.115. The summed E-state index contributed by atoms with van der Waals surface area (Å²) in [6.07, 6.45) is 2.08. The van der Waals surface area contributed by atoms with Crippen LogP contribution in [0.15, 0.2) is 97.2 Å². The van der Waals surface area contributed by atoms with Crippen molar-refractivity contribution in [2.45, 2.75) is 19.6 Å². The van der Waals surface area contributed by atoms with Gasteiger partial charge in [-0.3, -0.25) is 4.98 Å². The lowest BCUT2D eigenvalue weighted by Crippen LogP contribution is -2.39. The van der Waals surface area contributed by atoms with E-state index in [9.17, 15) is 0 Å². The van der Waals surface area contributed by atoms with Crippen LogP contribution in [0.3, 0.4) is 0 Å².